The highest BCUT2D eigenvalue weighted by molar-refractivity contribution is 6.33. The van der Waals surface area contributed by atoms with Crippen molar-refractivity contribution in [3.63, 3.8) is 0 Å². The van der Waals surface area contributed by atoms with Gasteiger partial charge in [-0.1, -0.05) is 35.3 Å². The minimum absolute atomic E-state index is 0.0115. The summed E-state index contributed by atoms with van der Waals surface area (Å²) < 4.78 is 16.6. The molecule has 3 aromatic rings. The average Bonchev–Trinajstić information content (AvgIpc) is 2.91. The van der Waals surface area contributed by atoms with Gasteiger partial charge in [-0.2, -0.15) is 0 Å². The van der Waals surface area contributed by atoms with Gasteiger partial charge in [0.25, 0.3) is 5.91 Å². The van der Waals surface area contributed by atoms with Crippen LogP contribution in [0.1, 0.15) is 28.4 Å². The normalized spacial score (nSPS) is 18.0. The zero-order valence-corrected chi connectivity index (χ0v) is 21.6. The number of carboxylic acid groups (broad SMARTS) is 1. The molecule has 2 N–H and O–H groups in total. The van der Waals surface area contributed by atoms with E-state index in [0.717, 1.165) is 16.0 Å². The molecule has 3 aromatic carbocycles. The molecular weight excluding hydrogens is 535 g/mol. The van der Waals surface area contributed by atoms with E-state index in [1.165, 1.54) is 7.11 Å². The number of ether oxygens (including phenoxy) is 3. The Hall–Kier alpha value is -3.95. The molecule has 38 heavy (non-hydrogen) atoms. The highest BCUT2D eigenvalue weighted by atomic mass is 35.5. The average molecular weight is 557 g/mol. The molecule has 0 aromatic heterocycles. The molecule has 1 unspecified atom stereocenters. The number of hydrogen-bond acceptors (Lipinski definition) is 6. The fraction of sp³-hybridized carbons (Fsp3) is 0.222. The van der Waals surface area contributed by atoms with Gasteiger partial charge < -0.3 is 24.6 Å². The van der Waals surface area contributed by atoms with Crippen LogP contribution in [0.2, 0.25) is 10.0 Å². The molecule has 9 nitrogen and oxygen atoms in total. The maximum atomic E-state index is 12.9. The molecule has 0 fully saturated rings. The Morgan fingerprint density at radius 1 is 1.11 bits per heavy atom. The predicted molar refractivity (Wildman–Crippen MR) is 139 cm³/mol. The standard InChI is InChI=1S/C27H22Cl2N2O7/c1-36-26(33)22-10-15-9-21-23(11-16(15)12-31(22)27(34)35)38-24(25(32)30-21)14-2-5-19(6-3-14)37-13-17-8-18(28)4-7-20(17)29/h2-9,11,22,24H,10,12-13H2,1H3,(H,30,32)(H,34,35)/t22-,24?/m0/s1. The molecule has 0 radical (unpaired) electrons. The summed E-state index contributed by atoms with van der Waals surface area (Å²) in [6.45, 7) is 0.213. The second kappa shape index (κ2) is 10.4. The van der Waals surface area contributed by atoms with Gasteiger partial charge >= 0.3 is 12.1 Å². The summed E-state index contributed by atoms with van der Waals surface area (Å²) in [4.78, 5) is 37.8. The van der Waals surface area contributed by atoms with E-state index in [2.05, 4.69) is 5.32 Å². The number of carbonyl (C=O) groups excluding carboxylic acids is 2. The fourth-order valence-electron chi connectivity index (χ4n) is 4.51. The molecule has 196 valence electrons. The van der Waals surface area contributed by atoms with Crippen molar-refractivity contribution in [1.82, 2.24) is 4.90 Å². The van der Waals surface area contributed by atoms with Crippen LogP contribution in [0.5, 0.6) is 11.5 Å². The van der Waals surface area contributed by atoms with E-state index in [-0.39, 0.29) is 25.5 Å². The summed E-state index contributed by atoms with van der Waals surface area (Å²) in [5.74, 6) is -0.0148. The highest BCUT2D eigenvalue weighted by Crippen LogP contribution is 2.39. The molecule has 0 spiro atoms. The fourth-order valence-corrected chi connectivity index (χ4v) is 4.88. The van der Waals surface area contributed by atoms with Crippen molar-refractivity contribution < 1.29 is 33.7 Å². The number of anilines is 1. The Labute approximate surface area is 227 Å². The molecule has 11 heteroatoms. The molecule has 0 aliphatic carbocycles. The Bertz CT molecular complexity index is 1430. The number of halogens is 2. The first kappa shape index (κ1) is 25.7. The van der Waals surface area contributed by atoms with E-state index in [1.807, 2.05) is 0 Å². The van der Waals surface area contributed by atoms with Gasteiger partial charge in [0.05, 0.1) is 19.3 Å². The number of benzene rings is 3. The number of nitrogens with zero attached hydrogens (tertiary/aromatic N) is 1. The molecule has 0 saturated carbocycles. The van der Waals surface area contributed by atoms with Crippen LogP contribution in [-0.4, -0.2) is 41.1 Å². The van der Waals surface area contributed by atoms with E-state index < -0.39 is 24.2 Å². The summed E-state index contributed by atoms with van der Waals surface area (Å²) in [6.07, 6.45) is -2.02. The summed E-state index contributed by atoms with van der Waals surface area (Å²) in [5.41, 5.74) is 3.23. The number of amides is 2. The van der Waals surface area contributed by atoms with Gasteiger partial charge in [-0.3, -0.25) is 9.69 Å². The number of esters is 1. The van der Waals surface area contributed by atoms with E-state index >= 15 is 0 Å². The second-order valence-electron chi connectivity index (χ2n) is 8.85. The second-order valence-corrected chi connectivity index (χ2v) is 9.69. The van der Waals surface area contributed by atoms with Crippen LogP contribution in [0.15, 0.2) is 54.6 Å². The largest absolute Gasteiger partial charge is 0.489 e. The predicted octanol–water partition coefficient (Wildman–Crippen LogP) is 5.22. The van der Waals surface area contributed by atoms with E-state index in [9.17, 15) is 19.5 Å². The lowest BCUT2D eigenvalue weighted by Crippen LogP contribution is -2.48. The minimum Gasteiger partial charge on any atom is -0.489 e. The van der Waals surface area contributed by atoms with Gasteiger partial charge in [0.1, 0.15) is 24.1 Å². The molecule has 2 aliphatic rings. The lowest BCUT2D eigenvalue weighted by molar-refractivity contribution is -0.146. The summed E-state index contributed by atoms with van der Waals surface area (Å²) in [7, 11) is 1.21. The topological polar surface area (TPSA) is 114 Å². The lowest BCUT2D eigenvalue weighted by atomic mass is 9.92. The third kappa shape index (κ3) is 5.07. The van der Waals surface area contributed by atoms with Crippen LogP contribution in [0.4, 0.5) is 10.5 Å². The molecule has 2 atom stereocenters. The minimum atomic E-state index is -1.23. The summed E-state index contributed by atoms with van der Waals surface area (Å²) in [5, 5.41) is 13.6. The molecule has 2 heterocycles. The molecule has 5 rings (SSSR count). The Morgan fingerprint density at radius 3 is 2.58 bits per heavy atom. The zero-order valence-electron chi connectivity index (χ0n) is 20.1. The first-order valence-electron chi connectivity index (χ1n) is 11.6. The smallest absolute Gasteiger partial charge is 0.408 e. The van der Waals surface area contributed by atoms with E-state index in [4.69, 9.17) is 37.4 Å². The zero-order chi connectivity index (χ0) is 27.0. The van der Waals surface area contributed by atoms with Crippen molar-refractivity contribution in [2.24, 2.45) is 0 Å². The van der Waals surface area contributed by atoms with Crippen molar-refractivity contribution in [1.29, 1.82) is 0 Å². The van der Waals surface area contributed by atoms with Crippen molar-refractivity contribution in [3.8, 4) is 11.5 Å². The van der Waals surface area contributed by atoms with Crippen molar-refractivity contribution in [2.75, 3.05) is 12.4 Å². The Balaban J connectivity index is 1.32. The van der Waals surface area contributed by atoms with Gasteiger partial charge in [0.2, 0.25) is 6.10 Å². The van der Waals surface area contributed by atoms with Crippen LogP contribution in [0.3, 0.4) is 0 Å². The van der Waals surface area contributed by atoms with Crippen LogP contribution < -0.4 is 14.8 Å². The van der Waals surface area contributed by atoms with Crippen molar-refractivity contribution in [3.05, 3.63) is 86.9 Å². The van der Waals surface area contributed by atoms with Gasteiger partial charge in [0, 0.05) is 27.6 Å². The summed E-state index contributed by atoms with van der Waals surface area (Å²) in [6, 6.07) is 14.5. The van der Waals surface area contributed by atoms with Gasteiger partial charge in [-0.05, 0) is 53.6 Å². The lowest BCUT2D eigenvalue weighted by Gasteiger charge is -2.34. The first-order chi connectivity index (χ1) is 18.2. The Kier molecular flexibility index (Phi) is 7.05. The number of fused-ring (bicyclic) bond motifs is 2. The highest BCUT2D eigenvalue weighted by Gasteiger charge is 2.37. The summed E-state index contributed by atoms with van der Waals surface area (Å²) >= 11 is 12.2. The van der Waals surface area contributed by atoms with Crippen LogP contribution in [-0.2, 0) is 33.9 Å². The van der Waals surface area contributed by atoms with Crippen LogP contribution in [0, 0.1) is 0 Å². The molecule has 0 saturated heterocycles. The first-order valence-corrected chi connectivity index (χ1v) is 12.4. The third-order valence-corrected chi connectivity index (χ3v) is 7.08. The third-order valence-electron chi connectivity index (χ3n) is 6.48. The maximum Gasteiger partial charge on any atom is 0.408 e. The maximum absolute atomic E-state index is 12.9. The molecular formula is C27H22Cl2N2O7. The molecule has 0 bridgehead atoms. The number of nitrogens with one attached hydrogen (secondary N) is 1. The number of hydrogen-bond donors (Lipinski definition) is 2. The molecule has 2 aliphatic heterocycles. The van der Waals surface area contributed by atoms with Gasteiger partial charge in [-0.15, -0.1) is 0 Å². The SMILES string of the molecule is COC(=O)[C@@H]1Cc2cc3c(cc2CN1C(=O)O)OC(c1ccc(OCc2cc(Cl)ccc2Cl)cc1)C(=O)N3. The number of carbonyl (C=O) groups is 3. The Morgan fingerprint density at radius 2 is 1.87 bits per heavy atom. The van der Waals surface area contributed by atoms with E-state index in [1.54, 1.807) is 54.6 Å². The van der Waals surface area contributed by atoms with E-state index in [0.29, 0.717) is 38.4 Å². The molecule has 2 amide bonds. The number of rotatable bonds is 5. The van der Waals surface area contributed by atoms with Crippen LogP contribution >= 0.6 is 23.2 Å². The number of methoxy groups -OCH3 is 1. The van der Waals surface area contributed by atoms with Crippen molar-refractivity contribution >= 4 is 46.9 Å². The quantitative estimate of drug-likeness (QED) is 0.414. The van der Waals surface area contributed by atoms with Crippen LogP contribution in [0.25, 0.3) is 0 Å². The monoisotopic (exact) mass is 556 g/mol. The van der Waals surface area contributed by atoms with Gasteiger partial charge in [0.15, 0.2) is 0 Å². The van der Waals surface area contributed by atoms with Gasteiger partial charge in [-0.25, -0.2) is 9.59 Å². The van der Waals surface area contributed by atoms with Crippen molar-refractivity contribution in [2.45, 2.75) is 31.7 Å².